The number of hydrogen-bond acceptors (Lipinski definition) is 2. The van der Waals surface area contributed by atoms with Crippen molar-refractivity contribution in [1.29, 1.82) is 0 Å². The number of amides is 1. The van der Waals surface area contributed by atoms with Crippen LogP contribution in [0.3, 0.4) is 0 Å². The normalized spacial score (nSPS) is 10.6. The van der Waals surface area contributed by atoms with E-state index in [0.717, 1.165) is 11.1 Å². The monoisotopic (exact) mass is 279 g/mol. The van der Waals surface area contributed by atoms with Crippen molar-refractivity contribution < 1.29 is 9.59 Å². The van der Waals surface area contributed by atoms with E-state index in [-0.39, 0.29) is 11.7 Å². The Balaban J connectivity index is 2.05. The molecule has 1 amide bonds. The lowest BCUT2D eigenvalue weighted by molar-refractivity contribution is -0.111. The molecule has 0 aliphatic carbocycles. The lowest BCUT2D eigenvalue weighted by Crippen LogP contribution is -2.08. The van der Waals surface area contributed by atoms with Crippen molar-refractivity contribution >= 4 is 23.5 Å². The van der Waals surface area contributed by atoms with E-state index in [2.05, 4.69) is 5.32 Å². The summed E-state index contributed by atoms with van der Waals surface area (Å²) >= 11 is 0. The number of ketones is 1. The van der Waals surface area contributed by atoms with Crippen LogP contribution in [0.4, 0.5) is 5.69 Å². The van der Waals surface area contributed by atoms with Crippen LogP contribution in [-0.4, -0.2) is 11.7 Å². The third-order valence-electron chi connectivity index (χ3n) is 3.01. The Bertz CT molecular complexity index is 702. The second-order valence-electron chi connectivity index (χ2n) is 4.87. The molecule has 0 saturated heterocycles. The predicted octanol–water partition coefficient (Wildman–Crippen LogP) is 3.85. The van der Waals surface area contributed by atoms with Gasteiger partial charge in [-0.15, -0.1) is 0 Å². The van der Waals surface area contributed by atoms with Crippen molar-refractivity contribution in [2.45, 2.75) is 13.8 Å². The van der Waals surface area contributed by atoms with Crippen molar-refractivity contribution in [1.82, 2.24) is 0 Å². The summed E-state index contributed by atoms with van der Waals surface area (Å²) in [6.45, 7) is 3.50. The number of nitrogens with one attached hydrogen (secondary N) is 1. The van der Waals surface area contributed by atoms with Crippen LogP contribution in [0.15, 0.2) is 54.6 Å². The summed E-state index contributed by atoms with van der Waals surface area (Å²) in [5.41, 5.74) is 3.31. The van der Waals surface area contributed by atoms with Gasteiger partial charge in [0.05, 0.1) is 0 Å². The molecule has 0 spiro atoms. The first-order chi connectivity index (χ1) is 10.0. The van der Waals surface area contributed by atoms with E-state index in [4.69, 9.17) is 0 Å². The molecule has 1 N–H and O–H groups in total. The van der Waals surface area contributed by atoms with Crippen LogP contribution in [-0.2, 0) is 4.79 Å². The second-order valence-corrected chi connectivity index (χ2v) is 4.87. The number of hydrogen-bond donors (Lipinski definition) is 1. The van der Waals surface area contributed by atoms with Crippen molar-refractivity contribution in [3.05, 3.63) is 71.3 Å². The third-order valence-corrected chi connectivity index (χ3v) is 3.01. The number of Topliss-reactive ketones (excluding diaryl/α,β-unsaturated/α-hetero) is 1. The quantitative estimate of drug-likeness (QED) is 0.682. The van der Waals surface area contributed by atoms with Crippen LogP contribution in [0.5, 0.6) is 0 Å². The Morgan fingerprint density at radius 1 is 1.05 bits per heavy atom. The number of carbonyl (C=O) groups excluding carboxylic acids is 2. The molecule has 0 aliphatic heterocycles. The molecule has 0 aliphatic rings. The zero-order valence-corrected chi connectivity index (χ0v) is 12.1. The van der Waals surface area contributed by atoms with E-state index in [1.54, 1.807) is 30.3 Å². The third kappa shape index (κ3) is 4.42. The number of rotatable bonds is 4. The Hall–Kier alpha value is -2.68. The molecule has 0 aromatic heterocycles. The van der Waals surface area contributed by atoms with Gasteiger partial charge in [0, 0.05) is 17.3 Å². The Labute approximate surface area is 124 Å². The number of anilines is 1. The summed E-state index contributed by atoms with van der Waals surface area (Å²) in [4.78, 5) is 23.2. The molecule has 0 unspecified atom stereocenters. The molecule has 0 radical (unpaired) electrons. The largest absolute Gasteiger partial charge is 0.322 e. The highest BCUT2D eigenvalue weighted by Crippen LogP contribution is 2.11. The topological polar surface area (TPSA) is 46.2 Å². The minimum absolute atomic E-state index is 0.0265. The highest BCUT2D eigenvalue weighted by atomic mass is 16.1. The summed E-state index contributed by atoms with van der Waals surface area (Å²) in [6, 6.07) is 14.8. The number of benzene rings is 2. The molecule has 3 heteroatoms. The lowest BCUT2D eigenvalue weighted by atomic mass is 10.1. The van der Waals surface area contributed by atoms with Gasteiger partial charge in [0.1, 0.15) is 0 Å². The van der Waals surface area contributed by atoms with Crippen LogP contribution < -0.4 is 5.32 Å². The van der Waals surface area contributed by atoms with Crippen LogP contribution in [0.1, 0.15) is 28.4 Å². The Morgan fingerprint density at radius 2 is 1.81 bits per heavy atom. The fourth-order valence-electron chi connectivity index (χ4n) is 1.95. The number of carbonyl (C=O) groups is 2. The van der Waals surface area contributed by atoms with Gasteiger partial charge in [-0.25, -0.2) is 0 Å². The molecular formula is C18H17NO2. The first-order valence-electron chi connectivity index (χ1n) is 6.71. The molecule has 2 rings (SSSR count). The van der Waals surface area contributed by atoms with Gasteiger partial charge >= 0.3 is 0 Å². The molecule has 2 aromatic rings. The van der Waals surface area contributed by atoms with Crippen molar-refractivity contribution in [3.8, 4) is 0 Å². The molecule has 0 fully saturated rings. The van der Waals surface area contributed by atoms with Crippen molar-refractivity contribution in [3.63, 3.8) is 0 Å². The van der Waals surface area contributed by atoms with Gasteiger partial charge in [0.25, 0.3) is 0 Å². The van der Waals surface area contributed by atoms with Crippen LogP contribution >= 0.6 is 0 Å². The molecule has 0 bridgehead atoms. The summed E-state index contributed by atoms with van der Waals surface area (Å²) in [5.74, 6) is -0.251. The molecule has 0 saturated carbocycles. The van der Waals surface area contributed by atoms with Crippen LogP contribution in [0, 0.1) is 6.92 Å². The van der Waals surface area contributed by atoms with Gasteiger partial charge in [-0.2, -0.15) is 0 Å². The lowest BCUT2D eigenvalue weighted by Gasteiger charge is -2.03. The molecule has 2 aromatic carbocycles. The maximum Gasteiger partial charge on any atom is 0.248 e. The van der Waals surface area contributed by atoms with Crippen LogP contribution in [0.2, 0.25) is 0 Å². The summed E-state index contributed by atoms with van der Waals surface area (Å²) in [6.07, 6.45) is 3.24. The first-order valence-corrected chi connectivity index (χ1v) is 6.71. The molecule has 0 atom stereocenters. The van der Waals surface area contributed by atoms with E-state index in [0.29, 0.717) is 11.3 Å². The van der Waals surface area contributed by atoms with Gasteiger partial charge in [-0.1, -0.05) is 42.0 Å². The maximum atomic E-state index is 11.9. The van der Waals surface area contributed by atoms with E-state index >= 15 is 0 Å². The highest BCUT2D eigenvalue weighted by Gasteiger charge is 2.02. The van der Waals surface area contributed by atoms with Gasteiger partial charge in [-0.05, 0) is 37.6 Å². The Kier molecular flexibility index (Phi) is 4.67. The van der Waals surface area contributed by atoms with E-state index < -0.39 is 0 Å². The maximum absolute atomic E-state index is 11.9. The van der Waals surface area contributed by atoms with Gasteiger partial charge < -0.3 is 5.32 Å². The van der Waals surface area contributed by atoms with Gasteiger partial charge in [0.2, 0.25) is 5.91 Å². The summed E-state index contributed by atoms with van der Waals surface area (Å²) in [7, 11) is 0. The second kappa shape index (κ2) is 6.66. The zero-order valence-electron chi connectivity index (χ0n) is 12.1. The smallest absolute Gasteiger partial charge is 0.248 e. The SMILES string of the molecule is CC(=O)c1cccc(NC(=O)/C=C/c2cccc(C)c2)c1. The van der Waals surface area contributed by atoms with Gasteiger partial charge in [-0.3, -0.25) is 9.59 Å². The molecule has 21 heavy (non-hydrogen) atoms. The average Bonchev–Trinajstić information content (AvgIpc) is 2.45. The van der Waals surface area contributed by atoms with E-state index in [1.807, 2.05) is 31.2 Å². The highest BCUT2D eigenvalue weighted by molar-refractivity contribution is 6.03. The molecule has 3 nitrogen and oxygen atoms in total. The molecule has 0 heterocycles. The molecule has 106 valence electrons. The fourth-order valence-corrected chi connectivity index (χ4v) is 1.95. The van der Waals surface area contributed by atoms with E-state index in [9.17, 15) is 9.59 Å². The standard InChI is InChI=1S/C18H17NO2/c1-13-5-3-6-15(11-13)9-10-18(21)19-17-8-4-7-16(12-17)14(2)20/h3-12H,1-2H3,(H,19,21)/b10-9+. The summed E-state index contributed by atoms with van der Waals surface area (Å²) in [5, 5.41) is 2.74. The van der Waals surface area contributed by atoms with Crippen LogP contribution in [0.25, 0.3) is 6.08 Å². The zero-order chi connectivity index (χ0) is 15.2. The van der Waals surface area contributed by atoms with Crippen molar-refractivity contribution in [2.75, 3.05) is 5.32 Å². The first kappa shape index (κ1) is 14.7. The minimum Gasteiger partial charge on any atom is -0.322 e. The predicted molar refractivity (Wildman–Crippen MR) is 85.3 cm³/mol. The number of aryl methyl sites for hydroxylation is 1. The van der Waals surface area contributed by atoms with E-state index in [1.165, 1.54) is 13.0 Å². The minimum atomic E-state index is -0.225. The average molecular weight is 279 g/mol. The van der Waals surface area contributed by atoms with Crippen molar-refractivity contribution in [2.24, 2.45) is 0 Å². The Morgan fingerprint density at radius 3 is 2.52 bits per heavy atom. The molecular weight excluding hydrogens is 262 g/mol. The fraction of sp³-hybridized carbons (Fsp3) is 0.111. The summed E-state index contributed by atoms with van der Waals surface area (Å²) < 4.78 is 0. The van der Waals surface area contributed by atoms with Gasteiger partial charge in [0.15, 0.2) is 5.78 Å².